The quantitative estimate of drug-likeness (QED) is 0.0814. The van der Waals surface area contributed by atoms with E-state index >= 15 is 0 Å². The minimum absolute atomic E-state index is 0.0176. The van der Waals surface area contributed by atoms with Crippen molar-refractivity contribution >= 4 is 29.6 Å². The molecule has 12 heteroatoms. The number of Topliss-reactive ketones (excluding diaryl/α,β-unsaturated/α-hetero) is 2. The van der Waals surface area contributed by atoms with Gasteiger partial charge in [-0.25, -0.2) is 9.59 Å². The number of carbonyl (C=O) groups excluding carboxylic acids is 4. The number of alkyl carbamates (subject to hydrolysis) is 1. The Labute approximate surface area is 306 Å². The van der Waals surface area contributed by atoms with Gasteiger partial charge in [0, 0.05) is 44.8 Å². The topological polar surface area (TPSA) is 164 Å². The fourth-order valence-electron chi connectivity index (χ4n) is 5.80. The summed E-state index contributed by atoms with van der Waals surface area (Å²) in [4.78, 5) is 60.6. The zero-order valence-electron chi connectivity index (χ0n) is 30.8. The molecule has 1 aliphatic rings. The minimum Gasteiger partial charge on any atom is -0.481 e. The monoisotopic (exact) mass is 725 g/mol. The zero-order chi connectivity index (χ0) is 37.8. The molecule has 0 radical (unpaired) electrons. The summed E-state index contributed by atoms with van der Waals surface area (Å²) in [5, 5.41) is 11.2. The van der Waals surface area contributed by atoms with Crippen LogP contribution in [0.4, 0.5) is 4.79 Å². The number of unbranched alkanes of at least 4 members (excludes halogenated alkanes) is 2. The number of amides is 1. The lowest BCUT2D eigenvalue weighted by Gasteiger charge is -2.24. The Hall–Kier alpha value is -4.13. The van der Waals surface area contributed by atoms with Gasteiger partial charge in [-0.1, -0.05) is 48.5 Å². The first-order chi connectivity index (χ1) is 24.9. The van der Waals surface area contributed by atoms with E-state index in [1.165, 1.54) is 0 Å². The summed E-state index contributed by atoms with van der Waals surface area (Å²) in [5.41, 5.74) is 3.63. The summed E-state index contributed by atoms with van der Waals surface area (Å²) in [6, 6.07) is 15.1. The summed E-state index contributed by atoms with van der Waals surface area (Å²) < 4.78 is 27.7. The van der Waals surface area contributed by atoms with Gasteiger partial charge < -0.3 is 34.1 Å². The van der Waals surface area contributed by atoms with Crippen LogP contribution in [0.3, 0.4) is 0 Å². The van der Waals surface area contributed by atoms with Gasteiger partial charge in [-0.15, -0.1) is 0 Å². The molecule has 286 valence electrons. The molecular formula is C40H55NO11. The predicted octanol–water partition coefficient (Wildman–Crippen LogP) is 6.41. The maximum Gasteiger partial charge on any atom is 0.407 e. The van der Waals surface area contributed by atoms with Crippen LogP contribution in [0.1, 0.15) is 102 Å². The van der Waals surface area contributed by atoms with Crippen LogP contribution in [0, 0.1) is 0 Å². The molecule has 0 heterocycles. The second-order valence-corrected chi connectivity index (χ2v) is 13.8. The van der Waals surface area contributed by atoms with Crippen LogP contribution >= 0.6 is 0 Å². The van der Waals surface area contributed by atoms with Gasteiger partial charge in [0.15, 0.2) is 0 Å². The van der Waals surface area contributed by atoms with E-state index < -0.39 is 29.7 Å². The van der Waals surface area contributed by atoms with Gasteiger partial charge in [0.1, 0.15) is 29.8 Å². The normalized spacial score (nSPS) is 12.8. The maximum atomic E-state index is 13.0. The number of carboxylic acids is 1. The van der Waals surface area contributed by atoms with Gasteiger partial charge in [-0.3, -0.25) is 14.4 Å². The Morgan fingerprint density at radius 2 is 1.17 bits per heavy atom. The molecule has 12 nitrogen and oxygen atoms in total. The first kappa shape index (κ1) is 42.3. The summed E-state index contributed by atoms with van der Waals surface area (Å²) in [5.74, 6) is -1.75. The van der Waals surface area contributed by atoms with E-state index in [-0.39, 0.29) is 49.8 Å². The Morgan fingerprint density at radius 3 is 1.69 bits per heavy atom. The first-order valence-electron chi connectivity index (χ1n) is 18.3. The number of hydrogen-bond acceptors (Lipinski definition) is 10. The number of aliphatic carboxylic acids is 1. The van der Waals surface area contributed by atoms with Gasteiger partial charge in [0.25, 0.3) is 0 Å². The van der Waals surface area contributed by atoms with E-state index in [1.54, 1.807) is 20.8 Å². The molecule has 0 fully saturated rings. The number of fused-ring (bicyclic) bond motifs is 3. The summed E-state index contributed by atoms with van der Waals surface area (Å²) >= 11 is 0. The molecule has 0 aromatic heterocycles. The van der Waals surface area contributed by atoms with Crippen molar-refractivity contribution in [2.24, 2.45) is 0 Å². The molecule has 1 atom stereocenters. The van der Waals surface area contributed by atoms with E-state index in [1.807, 2.05) is 36.4 Å². The van der Waals surface area contributed by atoms with Crippen LogP contribution in [0.15, 0.2) is 48.5 Å². The van der Waals surface area contributed by atoms with Crippen LogP contribution in [0.25, 0.3) is 11.1 Å². The summed E-state index contributed by atoms with van der Waals surface area (Å²) in [6.45, 7) is 8.05. The third-order valence-corrected chi connectivity index (χ3v) is 8.39. The average molecular weight is 726 g/mol. The van der Waals surface area contributed by atoms with Crippen LogP contribution in [0.2, 0.25) is 0 Å². The molecule has 0 spiro atoms. The SMILES string of the molecule is CC(C)(C)OC(=O)C(CCC(=O)CCCCOCCOCCOCCCCC(=O)CCC(=O)O)NC(=O)OCC1c2ccccc2-c2ccccc21. The lowest BCUT2D eigenvalue weighted by atomic mass is 9.98. The van der Waals surface area contributed by atoms with Gasteiger partial charge in [-0.05, 0) is 75.1 Å². The van der Waals surface area contributed by atoms with Crippen molar-refractivity contribution in [1.29, 1.82) is 0 Å². The highest BCUT2D eigenvalue weighted by Crippen LogP contribution is 2.44. The molecule has 0 saturated heterocycles. The smallest absolute Gasteiger partial charge is 0.407 e. The van der Waals surface area contributed by atoms with E-state index in [9.17, 15) is 24.0 Å². The number of esters is 1. The molecular weight excluding hydrogens is 670 g/mol. The number of hydrogen-bond donors (Lipinski definition) is 2. The molecule has 0 aliphatic heterocycles. The van der Waals surface area contributed by atoms with Crippen molar-refractivity contribution in [3.05, 3.63) is 59.7 Å². The Kier molecular flexibility index (Phi) is 18.5. The number of nitrogens with one attached hydrogen (secondary N) is 1. The zero-order valence-corrected chi connectivity index (χ0v) is 30.8. The van der Waals surface area contributed by atoms with Crippen LogP contribution in [0.5, 0.6) is 0 Å². The lowest BCUT2D eigenvalue weighted by Crippen LogP contribution is -2.44. The fourth-order valence-corrected chi connectivity index (χ4v) is 5.80. The minimum atomic E-state index is -1.03. The highest BCUT2D eigenvalue weighted by Gasteiger charge is 2.31. The highest BCUT2D eigenvalue weighted by atomic mass is 16.6. The number of benzene rings is 2. The van der Waals surface area contributed by atoms with Crippen molar-refractivity contribution in [3.63, 3.8) is 0 Å². The van der Waals surface area contributed by atoms with E-state index in [0.29, 0.717) is 71.7 Å². The molecule has 3 rings (SSSR count). The molecule has 2 aromatic carbocycles. The predicted molar refractivity (Wildman–Crippen MR) is 194 cm³/mol. The van der Waals surface area contributed by atoms with Crippen LogP contribution < -0.4 is 5.32 Å². The van der Waals surface area contributed by atoms with Crippen molar-refractivity contribution in [2.45, 2.75) is 103 Å². The molecule has 0 saturated carbocycles. The maximum absolute atomic E-state index is 13.0. The van der Waals surface area contributed by atoms with Crippen LogP contribution in [-0.4, -0.2) is 92.6 Å². The number of ketones is 2. The van der Waals surface area contributed by atoms with Crippen molar-refractivity contribution < 1.29 is 52.8 Å². The van der Waals surface area contributed by atoms with Gasteiger partial charge in [-0.2, -0.15) is 0 Å². The van der Waals surface area contributed by atoms with Gasteiger partial charge >= 0.3 is 18.0 Å². The standard InChI is InChI=1S/C40H55NO11/c1-40(2,3)52-38(46)36(41-39(47)51-28-35-33-16-6-4-14-31(33)32-15-5-7-17-34(32)35)20-18-29(42)12-8-10-22-48-24-26-50-27-25-49-23-11-9-13-30(43)19-21-37(44)45/h4-7,14-17,35-36H,8-13,18-28H2,1-3H3,(H,41,47)(H,44,45). The molecule has 2 aromatic rings. The highest BCUT2D eigenvalue weighted by molar-refractivity contribution is 5.84. The van der Waals surface area contributed by atoms with E-state index in [4.69, 9.17) is 28.8 Å². The van der Waals surface area contributed by atoms with Crippen LogP contribution in [-0.2, 0) is 42.9 Å². The Balaban J connectivity index is 1.26. The second kappa shape index (κ2) is 22.7. The average Bonchev–Trinajstić information content (AvgIpc) is 3.42. The second-order valence-electron chi connectivity index (χ2n) is 13.8. The van der Waals surface area contributed by atoms with Crippen molar-refractivity contribution in [2.75, 3.05) is 46.2 Å². The third kappa shape index (κ3) is 16.0. The molecule has 0 bridgehead atoms. The number of rotatable bonds is 26. The first-order valence-corrected chi connectivity index (χ1v) is 18.3. The van der Waals surface area contributed by atoms with E-state index in [2.05, 4.69) is 17.4 Å². The molecule has 1 unspecified atom stereocenters. The number of carboxylic acid groups (broad SMARTS) is 1. The number of ether oxygens (including phenoxy) is 5. The Morgan fingerprint density at radius 1 is 0.673 bits per heavy atom. The van der Waals surface area contributed by atoms with E-state index in [0.717, 1.165) is 28.7 Å². The Bertz CT molecular complexity index is 1410. The molecule has 52 heavy (non-hydrogen) atoms. The fraction of sp³-hybridized carbons (Fsp3) is 0.575. The summed E-state index contributed by atoms with van der Waals surface area (Å²) in [6.07, 6.45) is 2.86. The lowest BCUT2D eigenvalue weighted by molar-refractivity contribution is -0.157. The molecule has 1 amide bonds. The summed E-state index contributed by atoms with van der Waals surface area (Å²) in [7, 11) is 0. The third-order valence-electron chi connectivity index (χ3n) is 8.39. The van der Waals surface area contributed by atoms with Crippen molar-refractivity contribution in [1.82, 2.24) is 5.32 Å². The van der Waals surface area contributed by atoms with Gasteiger partial charge in [0.2, 0.25) is 0 Å². The van der Waals surface area contributed by atoms with Crippen molar-refractivity contribution in [3.8, 4) is 11.1 Å². The molecule has 1 aliphatic carbocycles. The molecule has 2 N–H and O–H groups in total. The largest absolute Gasteiger partial charge is 0.481 e. The van der Waals surface area contributed by atoms with Gasteiger partial charge in [0.05, 0.1) is 32.8 Å². The number of carbonyl (C=O) groups is 5.